The minimum atomic E-state index is 0.0586. The lowest BCUT2D eigenvalue weighted by molar-refractivity contribution is -0.149. The normalized spacial score (nSPS) is 30.9. The lowest BCUT2D eigenvalue weighted by Gasteiger charge is -2.32. The third-order valence-electron chi connectivity index (χ3n) is 2.41. The quantitative estimate of drug-likeness (QED) is 0.598. The summed E-state index contributed by atoms with van der Waals surface area (Å²) in [6, 6.07) is 0.496. The summed E-state index contributed by atoms with van der Waals surface area (Å²) in [5.41, 5.74) is 5.47. The molecule has 0 spiro atoms. The highest BCUT2D eigenvalue weighted by Gasteiger charge is 2.36. The lowest BCUT2D eigenvalue weighted by atomic mass is 10.2. The number of carbonyl (C=O) groups excluding carboxylic acids is 1. The summed E-state index contributed by atoms with van der Waals surface area (Å²) in [7, 11) is 0. The molecule has 0 bridgehead atoms. The molecule has 1 unspecified atom stereocenters. The molecule has 0 aromatic carbocycles. The van der Waals surface area contributed by atoms with Crippen LogP contribution in [-0.2, 0) is 9.53 Å². The number of morpholine rings is 1. The second-order valence-corrected chi connectivity index (χ2v) is 3.45. The zero-order valence-corrected chi connectivity index (χ0v) is 7.03. The highest BCUT2D eigenvalue weighted by molar-refractivity contribution is 5.78. The van der Waals surface area contributed by atoms with Crippen molar-refractivity contribution < 1.29 is 9.53 Å². The predicted octanol–water partition coefficient (Wildman–Crippen LogP) is -0.665. The molecule has 2 fully saturated rings. The third kappa shape index (κ3) is 1.44. The van der Waals surface area contributed by atoms with E-state index in [9.17, 15) is 4.79 Å². The Bertz CT molecular complexity index is 191. The van der Waals surface area contributed by atoms with E-state index in [4.69, 9.17) is 10.5 Å². The van der Waals surface area contributed by atoms with Crippen molar-refractivity contribution in [1.82, 2.24) is 4.90 Å². The van der Waals surface area contributed by atoms with Crippen LogP contribution in [0.2, 0.25) is 0 Å². The SMILES string of the molecule is NCC1CN(C2CC2)C(=O)CO1. The van der Waals surface area contributed by atoms with Gasteiger partial charge in [0.05, 0.1) is 6.10 Å². The van der Waals surface area contributed by atoms with Gasteiger partial charge in [-0.15, -0.1) is 0 Å². The molecular formula is C8H14N2O2. The third-order valence-corrected chi connectivity index (χ3v) is 2.41. The summed E-state index contributed by atoms with van der Waals surface area (Å²) in [6.45, 7) is 1.43. The Morgan fingerprint density at radius 1 is 1.58 bits per heavy atom. The van der Waals surface area contributed by atoms with Gasteiger partial charge in [-0.05, 0) is 12.8 Å². The number of amides is 1. The van der Waals surface area contributed by atoms with Crippen LogP contribution >= 0.6 is 0 Å². The van der Waals surface area contributed by atoms with Crippen LogP contribution in [0.5, 0.6) is 0 Å². The fraction of sp³-hybridized carbons (Fsp3) is 0.875. The maximum absolute atomic E-state index is 11.3. The number of hydrogen-bond donors (Lipinski definition) is 1. The number of nitrogens with zero attached hydrogens (tertiary/aromatic N) is 1. The van der Waals surface area contributed by atoms with E-state index in [0.717, 1.165) is 12.8 Å². The Morgan fingerprint density at radius 3 is 2.92 bits per heavy atom. The molecule has 0 aromatic rings. The zero-order valence-electron chi connectivity index (χ0n) is 7.03. The predicted molar refractivity (Wildman–Crippen MR) is 43.5 cm³/mol. The Balaban J connectivity index is 1.94. The molecule has 1 heterocycles. The Morgan fingerprint density at radius 2 is 2.33 bits per heavy atom. The topological polar surface area (TPSA) is 55.6 Å². The van der Waals surface area contributed by atoms with E-state index < -0.39 is 0 Å². The van der Waals surface area contributed by atoms with E-state index in [-0.39, 0.29) is 18.6 Å². The van der Waals surface area contributed by atoms with Gasteiger partial charge in [0.1, 0.15) is 6.61 Å². The largest absolute Gasteiger partial charge is 0.365 e. The molecule has 4 heteroatoms. The van der Waals surface area contributed by atoms with Crippen LogP contribution in [0.3, 0.4) is 0 Å². The molecule has 1 saturated heterocycles. The first-order chi connectivity index (χ1) is 5.81. The highest BCUT2D eigenvalue weighted by atomic mass is 16.5. The van der Waals surface area contributed by atoms with Crippen molar-refractivity contribution in [3.05, 3.63) is 0 Å². The minimum Gasteiger partial charge on any atom is -0.365 e. The molecule has 1 aliphatic heterocycles. The summed E-state index contributed by atoms with van der Waals surface area (Å²) in [4.78, 5) is 13.2. The van der Waals surface area contributed by atoms with Crippen molar-refractivity contribution >= 4 is 5.91 Å². The molecular weight excluding hydrogens is 156 g/mol. The van der Waals surface area contributed by atoms with E-state index in [2.05, 4.69) is 0 Å². The molecule has 2 aliphatic rings. The first-order valence-corrected chi connectivity index (χ1v) is 4.42. The average Bonchev–Trinajstić information content (AvgIpc) is 2.88. The molecule has 2 N–H and O–H groups in total. The molecule has 1 atom stereocenters. The van der Waals surface area contributed by atoms with Crippen molar-refractivity contribution in [1.29, 1.82) is 0 Å². The standard InChI is InChI=1S/C8H14N2O2/c9-3-7-4-10(6-1-2-6)8(11)5-12-7/h6-7H,1-5,9H2. The summed E-state index contributed by atoms with van der Waals surface area (Å²) < 4.78 is 5.23. The van der Waals surface area contributed by atoms with Crippen LogP contribution in [0.4, 0.5) is 0 Å². The first-order valence-electron chi connectivity index (χ1n) is 4.42. The molecule has 4 nitrogen and oxygen atoms in total. The van der Waals surface area contributed by atoms with Gasteiger partial charge in [-0.2, -0.15) is 0 Å². The summed E-state index contributed by atoms with van der Waals surface area (Å²) in [6.07, 6.45) is 2.37. The van der Waals surface area contributed by atoms with Gasteiger partial charge in [-0.1, -0.05) is 0 Å². The molecule has 0 aromatic heterocycles. The van der Waals surface area contributed by atoms with Crippen molar-refractivity contribution in [2.45, 2.75) is 25.0 Å². The lowest BCUT2D eigenvalue weighted by Crippen LogP contribution is -2.49. The molecule has 1 amide bonds. The van der Waals surface area contributed by atoms with Gasteiger partial charge in [0, 0.05) is 19.1 Å². The number of nitrogens with two attached hydrogens (primary N) is 1. The van der Waals surface area contributed by atoms with E-state index in [1.807, 2.05) is 4.90 Å². The Hall–Kier alpha value is -0.610. The van der Waals surface area contributed by atoms with E-state index in [0.29, 0.717) is 19.1 Å². The summed E-state index contributed by atoms with van der Waals surface area (Å²) in [5.74, 6) is 0.127. The van der Waals surface area contributed by atoms with Gasteiger partial charge in [-0.25, -0.2) is 0 Å². The summed E-state index contributed by atoms with van der Waals surface area (Å²) in [5, 5.41) is 0. The molecule has 68 valence electrons. The highest BCUT2D eigenvalue weighted by Crippen LogP contribution is 2.28. The Labute approximate surface area is 71.7 Å². The van der Waals surface area contributed by atoms with Crippen molar-refractivity contribution in [2.24, 2.45) is 5.73 Å². The Kier molecular flexibility index (Phi) is 2.02. The van der Waals surface area contributed by atoms with E-state index in [1.165, 1.54) is 0 Å². The van der Waals surface area contributed by atoms with Gasteiger partial charge in [0.25, 0.3) is 0 Å². The monoisotopic (exact) mass is 170 g/mol. The van der Waals surface area contributed by atoms with Gasteiger partial charge < -0.3 is 15.4 Å². The first kappa shape index (κ1) is 8.01. The maximum atomic E-state index is 11.3. The molecule has 12 heavy (non-hydrogen) atoms. The van der Waals surface area contributed by atoms with Gasteiger partial charge >= 0.3 is 0 Å². The minimum absolute atomic E-state index is 0.0586. The number of ether oxygens (including phenoxy) is 1. The number of rotatable bonds is 2. The van der Waals surface area contributed by atoms with Crippen molar-refractivity contribution in [2.75, 3.05) is 19.7 Å². The second kappa shape index (κ2) is 3.03. The van der Waals surface area contributed by atoms with Crippen molar-refractivity contribution in [3.8, 4) is 0 Å². The van der Waals surface area contributed by atoms with E-state index in [1.54, 1.807) is 0 Å². The van der Waals surface area contributed by atoms with E-state index >= 15 is 0 Å². The number of carbonyl (C=O) groups is 1. The summed E-state index contributed by atoms with van der Waals surface area (Å²) >= 11 is 0. The van der Waals surface area contributed by atoms with Crippen LogP contribution in [0, 0.1) is 0 Å². The smallest absolute Gasteiger partial charge is 0.248 e. The fourth-order valence-corrected chi connectivity index (χ4v) is 1.53. The van der Waals surface area contributed by atoms with Gasteiger partial charge in [0.15, 0.2) is 0 Å². The van der Waals surface area contributed by atoms with Crippen molar-refractivity contribution in [3.63, 3.8) is 0 Å². The molecule has 2 rings (SSSR count). The number of hydrogen-bond acceptors (Lipinski definition) is 3. The fourth-order valence-electron chi connectivity index (χ4n) is 1.53. The van der Waals surface area contributed by atoms with Crippen LogP contribution in [0.15, 0.2) is 0 Å². The van der Waals surface area contributed by atoms with Crippen LogP contribution < -0.4 is 5.73 Å². The maximum Gasteiger partial charge on any atom is 0.248 e. The molecule has 1 saturated carbocycles. The molecule has 0 radical (unpaired) electrons. The second-order valence-electron chi connectivity index (χ2n) is 3.45. The van der Waals surface area contributed by atoms with Crippen LogP contribution in [0.25, 0.3) is 0 Å². The van der Waals surface area contributed by atoms with Crippen LogP contribution in [-0.4, -0.2) is 42.6 Å². The van der Waals surface area contributed by atoms with Gasteiger partial charge in [-0.3, -0.25) is 4.79 Å². The average molecular weight is 170 g/mol. The van der Waals surface area contributed by atoms with Gasteiger partial charge in [0.2, 0.25) is 5.91 Å². The molecule has 1 aliphatic carbocycles. The zero-order chi connectivity index (χ0) is 8.55. The van der Waals surface area contributed by atoms with Crippen LogP contribution in [0.1, 0.15) is 12.8 Å².